The lowest BCUT2D eigenvalue weighted by molar-refractivity contribution is -0.151. The van der Waals surface area contributed by atoms with Crippen molar-refractivity contribution in [1.82, 2.24) is 10.2 Å². The molecule has 80 valence electrons. The molecule has 2 aliphatic heterocycles. The molecule has 1 N–H and O–H groups in total. The minimum atomic E-state index is 0.298. The van der Waals surface area contributed by atoms with Gasteiger partial charge in [0, 0.05) is 19.5 Å². The van der Waals surface area contributed by atoms with Crippen LogP contribution in [-0.4, -0.2) is 49.2 Å². The summed E-state index contributed by atoms with van der Waals surface area (Å²) < 4.78 is 5.15. The highest BCUT2D eigenvalue weighted by Crippen LogP contribution is 2.18. The van der Waals surface area contributed by atoms with Crippen molar-refractivity contribution in [3.05, 3.63) is 0 Å². The number of nitrogens with zero attached hydrogens (tertiary/aromatic N) is 1. The molecule has 0 radical (unpaired) electrons. The zero-order chi connectivity index (χ0) is 9.97. The fraction of sp³-hybridized carbons (Fsp3) is 0.900. The van der Waals surface area contributed by atoms with Gasteiger partial charge in [0.05, 0.1) is 25.3 Å². The van der Waals surface area contributed by atoms with Crippen LogP contribution in [0.1, 0.15) is 19.8 Å². The van der Waals surface area contributed by atoms with Crippen molar-refractivity contribution >= 4 is 5.91 Å². The molecule has 2 heterocycles. The van der Waals surface area contributed by atoms with Crippen molar-refractivity contribution < 1.29 is 9.53 Å². The lowest BCUT2D eigenvalue weighted by atomic mass is 10.0. The molecule has 0 aromatic heterocycles. The number of nitrogens with one attached hydrogen (secondary N) is 1. The molecule has 2 saturated heterocycles. The van der Waals surface area contributed by atoms with E-state index >= 15 is 0 Å². The van der Waals surface area contributed by atoms with Crippen molar-refractivity contribution in [1.29, 1.82) is 0 Å². The molecule has 0 saturated carbocycles. The molecule has 2 rings (SSSR count). The third-order valence-corrected chi connectivity index (χ3v) is 2.92. The number of carbonyl (C=O) groups is 1. The molecule has 1 amide bonds. The molecule has 0 aromatic rings. The van der Waals surface area contributed by atoms with E-state index in [1.165, 1.54) is 0 Å². The summed E-state index contributed by atoms with van der Waals surface area (Å²) in [5.41, 5.74) is 0. The monoisotopic (exact) mass is 198 g/mol. The van der Waals surface area contributed by atoms with Gasteiger partial charge in [0.15, 0.2) is 0 Å². The molecule has 2 aliphatic rings. The molecule has 0 aliphatic carbocycles. The molecule has 2 fully saturated rings. The highest BCUT2D eigenvalue weighted by atomic mass is 16.5. The second-order valence-electron chi connectivity index (χ2n) is 4.05. The Balaban J connectivity index is 1.93. The summed E-state index contributed by atoms with van der Waals surface area (Å²) in [6.07, 6.45) is 1.61. The highest BCUT2D eigenvalue weighted by molar-refractivity contribution is 5.77. The van der Waals surface area contributed by atoms with E-state index in [1.807, 2.05) is 11.8 Å². The first-order valence-corrected chi connectivity index (χ1v) is 5.42. The summed E-state index contributed by atoms with van der Waals surface area (Å²) in [5.74, 6) is 0.298. The van der Waals surface area contributed by atoms with Crippen LogP contribution in [0.3, 0.4) is 0 Å². The summed E-state index contributed by atoms with van der Waals surface area (Å²) in [7, 11) is 0. The number of ether oxygens (including phenoxy) is 1. The van der Waals surface area contributed by atoms with E-state index in [-0.39, 0.29) is 0 Å². The number of rotatable bonds is 4. The molecule has 0 atom stereocenters. The van der Waals surface area contributed by atoms with Gasteiger partial charge in [-0.2, -0.15) is 0 Å². The Bertz CT molecular complexity index is 198. The van der Waals surface area contributed by atoms with Gasteiger partial charge in [-0.15, -0.1) is 0 Å². The van der Waals surface area contributed by atoms with Gasteiger partial charge in [-0.3, -0.25) is 4.79 Å². The number of hydrogen-bond acceptors (Lipinski definition) is 3. The maximum Gasteiger partial charge on any atom is 0.223 e. The minimum absolute atomic E-state index is 0.298. The molecule has 0 unspecified atom stereocenters. The molecule has 0 bridgehead atoms. The van der Waals surface area contributed by atoms with E-state index < -0.39 is 0 Å². The van der Waals surface area contributed by atoms with Crippen LogP contribution in [0.2, 0.25) is 0 Å². The first kappa shape index (κ1) is 9.93. The van der Waals surface area contributed by atoms with Crippen LogP contribution < -0.4 is 5.32 Å². The molecule has 4 nitrogen and oxygen atoms in total. The topological polar surface area (TPSA) is 41.6 Å². The van der Waals surface area contributed by atoms with Crippen molar-refractivity contribution in [3.63, 3.8) is 0 Å². The van der Waals surface area contributed by atoms with E-state index in [0.29, 0.717) is 24.4 Å². The summed E-state index contributed by atoms with van der Waals surface area (Å²) in [4.78, 5) is 13.9. The van der Waals surface area contributed by atoms with Crippen LogP contribution >= 0.6 is 0 Å². The smallest absolute Gasteiger partial charge is 0.223 e. The quantitative estimate of drug-likeness (QED) is 0.690. The van der Waals surface area contributed by atoms with Gasteiger partial charge in [-0.1, -0.05) is 6.92 Å². The molecule has 0 aromatic carbocycles. The van der Waals surface area contributed by atoms with E-state index in [0.717, 1.165) is 32.7 Å². The molecule has 14 heavy (non-hydrogen) atoms. The highest BCUT2D eigenvalue weighted by Gasteiger charge is 2.36. The van der Waals surface area contributed by atoms with E-state index in [2.05, 4.69) is 5.32 Å². The lowest BCUT2D eigenvalue weighted by Crippen LogP contribution is -2.65. The predicted octanol–water partition coefficient (Wildman–Crippen LogP) is -0.0143. The average molecular weight is 198 g/mol. The van der Waals surface area contributed by atoms with E-state index in [4.69, 9.17) is 4.74 Å². The van der Waals surface area contributed by atoms with Crippen LogP contribution in [0.15, 0.2) is 0 Å². The third kappa shape index (κ3) is 1.77. The Labute approximate surface area is 84.6 Å². The normalized spacial score (nSPS) is 22.6. The Hall–Kier alpha value is -0.610. The van der Waals surface area contributed by atoms with Gasteiger partial charge < -0.3 is 15.0 Å². The van der Waals surface area contributed by atoms with Gasteiger partial charge in [0.25, 0.3) is 0 Å². The summed E-state index contributed by atoms with van der Waals surface area (Å²) in [5, 5.41) is 3.21. The Kier molecular flexibility index (Phi) is 3.03. The Morgan fingerprint density at radius 2 is 2.14 bits per heavy atom. The molecular weight excluding hydrogens is 180 g/mol. The van der Waals surface area contributed by atoms with Gasteiger partial charge in [0.2, 0.25) is 5.91 Å². The lowest BCUT2D eigenvalue weighted by Gasteiger charge is -2.46. The van der Waals surface area contributed by atoms with Crippen molar-refractivity contribution in [2.45, 2.75) is 31.8 Å². The van der Waals surface area contributed by atoms with Crippen molar-refractivity contribution in [2.24, 2.45) is 0 Å². The Morgan fingerprint density at radius 3 is 2.50 bits per heavy atom. The maximum absolute atomic E-state index is 11.9. The van der Waals surface area contributed by atoms with Gasteiger partial charge in [0.1, 0.15) is 0 Å². The summed E-state index contributed by atoms with van der Waals surface area (Å²) in [6.45, 7) is 5.40. The minimum Gasteiger partial charge on any atom is -0.377 e. The fourth-order valence-corrected chi connectivity index (χ4v) is 1.90. The maximum atomic E-state index is 11.9. The number of carbonyl (C=O) groups excluding carboxylic acids is 1. The van der Waals surface area contributed by atoms with Crippen LogP contribution in [0.25, 0.3) is 0 Å². The van der Waals surface area contributed by atoms with Crippen LogP contribution in [-0.2, 0) is 9.53 Å². The molecule has 4 heteroatoms. The van der Waals surface area contributed by atoms with Gasteiger partial charge in [-0.05, 0) is 6.42 Å². The molecular formula is C10H18N2O2. The summed E-state index contributed by atoms with van der Waals surface area (Å²) >= 11 is 0. The van der Waals surface area contributed by atoms with Gasteiger partial charge >= 0.3 is 0 Å². The largest absolute Gasteiger partial charge is 0.377 e. The summed E-state index contributed by atoms with van der Waals surface area (Å²) in [6, 6.07) is 0.768. The first-order chi connectivity index (χ1) is 6.83. The van der Waals surface area contributed by atoms with E-state index in [1.54, 1.807) is 0 Å². The second kappa shape index (κ2) is 4.28. The zero-order valence-corrected chi connectivity index (χ0v) is 8.66. The van der Waals surface area contributed by atoms with E-state index in [9.17, 15) is 4.79 Å². The Morgan fingerprint density at radius 1 is 1.43 bits per heavy atom. The van der Waals surface area contributed by atoms with Crippen LogP contribution in [0.5, 0.6) is 0 Å². The SMILES string of the molecule is CCCC(=O)N(C1CNC1)C1COC1. The zero-order valence-electron chi connectivity index (χ0n) is 8.66. The van der Waals surface area contributed by atoms with Gasteiger partial charge in [-0.25, -0.2) is 0 Å². The van der Waals surface area contributed by atoms with Crippen molar-refractivity contribution in [3.8, 4) is 0 Å². The van der Waals surface area contributed by atoms with Crippen molar-refractivity contribution in [2.75, 3.05) is 26.3 Å². The predicted molar refractivity (Wildman–Crippen MR) is 53.0 cm³/mol. The van der Waals surface area contributed by atoms with Crippen LogP contribution in [0.4, 0.5) is 0 Å². The first-order valence-electron chi connectivity index (χ1n) is 5.42. The number of hydrogen-bond donors (Lipinski definition) is 1. The number of amides is 1. The second-order valence-corrected chi connectivity index (χ2v) is 4.05. The molecule has 0 spiro atoms. The van der Waals surface area contributed by atoms with Crippen LogP contribution in [0, 0.1) is 0 Å². The standard InChI is InChI=1S/C10H18N2O2/c1-2-3-10(13)12(8-4-11-5-8)9-6-14-7-9/h8-9,11H,2-7H2,1H3. The fourth-order valence-electron chi connectivity index (χ4n) is 1.90. The third-order valence-electron chi connectivity index (χ3n) is 2.92. The average Bonchev–Trinajstić information content (AvgIpc) is 1.97.